The van der Waals surface area contributed by atoms with Gasteiger partial charge in [0, 0.05) is 50.0 Å². The predicted octanol–water partition coefficient (Wildman–Crippen LogP) is 0.455. The third kappa shape index (κ3) is 1.88. The highest BCUT2D eigenvalue weighted by Gasteiger charge is 2.51. The van der Waals surface area contributed by atoms with Gasteiger partial charge in [0.1, 0.15) is 0 Å². The number of aryl methyl sites for hydroxylation is 1. The molecule has 2 unspecified atom stereocenters. The molecule has 1 amide bonds. The molecule has 2 aliphatic rings. The number of pyridine rings is 1. The van der Waals surface area contributed by atoms with Crippen molar-refractivity contribution in [3.8, 4) is 0 Å². The molecule has 2 fully saturated rings. The number of nitrogens with one attached hydrogen (secondary N) is 1. The molecule has 1 aromatic heterocycles. The van der Waals surface area contributed by atoms with Gasteiger partial charge in [-0.25, -0.2) is 0 Å². The molecule has 5 heteroatoms. The van der Waals surface area contributed by atoms with Gasteiger partial charge in [0.25, 0.3) is 11.5 Å². The monoisotopic (exact) mass is 275 g/mol. The van der Waals surface area contributed by atoms with E-state index in [1.807, 2.05) is 4.90 Å². The van der Waals surface area contributed by atoms with Crippen LogP contribution in [0.1, 0.15) is 24.2 Å². The van der Waals surface area contributed by atoms with E-state index in [1.54, 1.807) is 19.3 Å². The molecule has 0 aliphatic carbocycles. The Morgan fingerprint density at radius 1 is 1.40 bits per heavy atom. The summed E-state index contributed by atoms with van der Waals surface area (Å²) in [5.41, 5.74) is 0.190. The maximum Gasteiger partial charge on any atom is 0.254 e. The van der Waals surface area contributed by atoms with Crippen LogP contribution < -0.4 is 10.9 Å². The molecule has 5 nitrogen and oxygen atoms in total. The third-order valence-corrected chi connectivity index (χ3v) is 4.96. The highest BCUT2D eigenvalue weighted by molar-refractivity contribution is 5.94. The fraction of sp³-hybridized carbons (Fsp3) is 0.600. The Morgan fingerprint density at radius 2 is 2.15 bits per heavy atom. The summed E-state index contributed by atoms with van der Waals surface area (Å²) in [7, 11) is 1.69. The second kappa shape index (κ2) is 4.45. The molecule has 0 bridgehead atoms. The lowest BCUT2D eigenvalue weighted by Crippen LogP contribution is -2.47. The first kappa shape index (κ1) is 13.4. The number of aromatic nitrogens is 1. The number of carbonyl (C=O) groups excluding carboxylic acids is 1. The largest absolute Gasteiger partial charge is 0.333 e. The lowest BCUT2D eigenvalue weighted by atomic mass is 9.84. The zero-order valence-electron chi connectivity index (χ0n) is 12.2. The van der Waals surface area contributed by atoms with Crippen molar-refractivity contribution in [2.75, 3.05) is 19.6 Å². The van der Waals surface area contributed by atoms with Crippen LogP contribution in [0.15, 0.2) is 23.1 Å². The topological polar surface area (TPSA) is 54.3 Å². The molecule has 3 heterocycles. The van der Waals surface area contributed by atoms with Crippen LogP contribution in [0.4, 0.5) is 0 Å². The van der Waals surface area contributed by atoms with Crippen molar-refractivity contribution in [3.05, 3.63) is 34.2 Å². The SMILES string of the molecule is Cn1ccc(C(=O)N2CC3CNCC3C2(C)C)cc1=O. The van der Waals surface area contributed by atoms with Crippen LogP contribution in [-0.4, -0.2) is 40.5 Å². The molecule has 0 spiro atoms. The Labute approximate surface area is 118 Å². The second-order valence-electron chi connectivity index (χ2n) is 6.46. The summed E-state index contributed by atoms with van der Waals surface area (Å²) in [5, 5.41) is 3.40. The summed E-state index contributed by atoms with van der Waals surface area (Å²) in [6, 6.07) is 3.16. The molecule has 2 saturated heterocycles. The highest BCUT2D eigenvalue weighted by atomic mass is 16.2. The van der Waals surface area contributed by atoms with E-state index in [0.717, 1.165) is 19.6 Å². The molecule has 0 saturated carbocycles. The molecule has 0 aromatic carbocycles. The summed E-state index contributed by atoms with van der Waals surface area (Å²) in [6.07, 6.45) is 1.65. The van der Waals surface area contributed by atoms with E-state index >= 15 is 0 Å². The van der Waals surface area contributed by atoms with E-state index in [4.69, 9.17) is 0 Å². The Balaban J connectivity index is 1.91. The quantitative estimate of drug-likeness (QED) is 0.810. The van der Waals surface area contributed by atoms with Crippen molar-refractivity contribution >= 4 is 5.91 Å². The number of fused-ring (bicyclic) bond motifs is 1. The average Bonchev–Trinajstić information content (AvgIpc) is 2.95. The second-order valence-corrected chi connectivity index (χ2v) is 6.46. The Hall–Kier alpha value is -1.62. The minimum Gasteiger partial charge on any atom is -0.333 e. The number of nitrogens with zero attached hydrogens (tertiary/aromatic N) is 2. The van der Waals surface area contributed by atoms with Crippen molar-refractivity contribution in [3.63, 3.8) is 0 Å². The molecular formula is C15H21N3O2. The Kier molecular flexibility index (Phi) is 2.97. The van der Waals surface area contributed by atoms with Gasteiger partial charge in [0.05, 0.1) is 0 Å². The van der Waals surface area contributed by atoms with Gasteiger partial charge in [0.2, 0.25) is 0 Å². The van der Waals surface area contributed by atoms with Crippen LogP contribution in [0.25, 0.3) is 0 Å². The first-order valence-corrected chi connectivity index (χ1v) is 7.10. The molecule has 1 aromatic rings. The van der Waals surface area contributed by atoms with Gasteiger partial charge in [-0.2, -0.15) is 0 Å². The van der Waals surface area contributed by atoms with Gasteiger partial charge in [-0.3, -0.25) is 9.59 Å². The van der Waals surface area contributed by atoms with Crippen LogP contribution in [0.2, 0.25) is 0 Å². The van der Waals surface area contributed by atoms with E-state index < -0.39 is 0 Å². The van der Waals surface area contributed by atoms with Crippen molar-refractivity contribution in [1.82, 2.24) is 14.8 Å². The minimum absolute atomic E-state index is 0.0258. The number of carbonyl (C=O) groups is 1. The highest BCUT2D eigenvalue weighted by Crippen LogP contribution is 2.41. The Morgan fingerprint density at radius 3 is 2.80 bits per heavy atom. The molecule has 0 radical (unpaired) electrons. The van der Waals surface area contributed by atoms with E-state index in [1.165, 1.54) is 10.6 Å². The van der Waals surface area contributed by atoms with E-state index in [2.05, 4.69) is 19.2 Å². The fourth-order valence-electron chi connectivity index (χ4n) is 3.60. The fourth-order valence-corrected chi connectivity index (χ4v) is 3.60. The summed E-state index contributed by atoms with van der Waals surface area (Å²) in [4.78, 5) is 26.4. The van der Waals surface area contributed by atoms with Gasteiger partial charge in [0.15, 0.2) is 0 Å². The van der Waals surface area contributed by atoms with Gasteiger partial charge < -0.3 is 14.8 Å². The van der Waals surface area contributed by atoms with Crippen LogP contribution in [0.5, 0.6) is 0 Å². The zero-order valence-corrected chi connectivity index (χ0v) is 12.2. The molecular weight excluding hydrogens is 254 g/mol. The molecule has 108 valence electrons. The number of hydrogen-bond donors (Lipinski definition) is 1. The number of rotatable bonds is 1. The Bertz CT molecular complexity index is 605. The van der Waals surface area contributed by atoms with E-state index in [9.17, 15) is 9.59 Å². The molecule has 3 rings (SSSR count). The van der Waals surface area contributed by atoms with E-state index in [-0.39, 0.29) is 17.0 Å². The third-order valence-electron chi connectivity index (χ3n) is 4.96. The normalized spacial score (nSPS) is 27.6. The maximum atomic E-state index is 12.7. The van der Waals surface area contributed by atoms with Crippen LogP contribution in [0.3, 0.4) is 0 Å². The first-order chi connectivity index (χ1) is 9.41. The summed E-state index contributed by atoms with van der Waals surface area (Å²) < 4.78 is 1.48. The summed E-state index contributed by atoms with van der Waals surface area (Å²) in [6.45, 7) is 6.98. The zero-order chi connectivity index (χ0) is 14.5. The standard InChI is InChI=1S/C15H21N3O2/c1-15(2)12-8-16-7-11(12)9-18(15)14(20)10-4-5-17(3)13(19)6-10/h4-6,11-12,16H,7-9H2,1-3H3. The van der Waals surface area contributed by atoms with Gasteiger partial charge >= 0.3 is 0 Å². The smallest absolute Gasteiger partial charge is 0.254 e. The lowest BCUT2D eigenvalue weighted by molar-refractivity contribution is 0.0603. The van der Waals surface area contributed by atoms with Crippen LogP contribution >= 0.6 is 0 Å². The molecule has 20 heavy (non-hydrogen) atoms. The first-order valence-electron chi connectivity index (χ1n) is 7.10. The predicted molar refractivity (Wildman–Crippen MR) is 76.6 cm³/mol. The summed E-state index contributed by atoms with van der Waals surface area (Å²) >= 11 is 0. The maximum absolute atomic E-state index is 12.7. The summed E-state index contributed by atoms with van der Waals surface area (Å²) in [5.74, 6) is 1.00. The number of amides is 1. The van der Waals surface area contributed by atoms with Crippen molar-refractivity contribution in [2.45, 2.75) is 19.4 Å². The van der Waals surface area contributed by atoms with Gasteiger partial charge in [-0.05, 0) is 31.7 Å². The van der Waals surface area contributed by atoms with E-state index in [0.29, 0.717) is 17.4 Å². The molecule has 1 N–H and O–H groups in total. The van der Waals surface area contributed by atoms with Crippen LogP contribution in [0, 0.1) is 11.8 Å². The van der Waals surface area contributed by atoms with Gasteiger partial charge in [-0.1, -0.05) is 0 Å². The molecule has 2 aliphatic heterocycles. The minimum atomic E-state index is -0.160. The number of hydrogen-bond acceptors (Lipinski definition) is 3. The average molecular weight is 275 g/mol. The molecule has 2 atom stereocenters. The van der Waals surface area contributed by atoms with Gasteiger partial charge in [-0.15, -0.1) is 0 Å². The van der Waals surface area contributed by atoms with Crippen molar-refractivity contribution in [1.29, 1.82) is 0 Å². The lowest BCUT2D eigenvalue weighted by Gasteiger charge is -2.35. The van der Waals surface area contributed by atoms with Crippen LogP contribution in [-0.2, 0) is 7.05 Å². The van der Waals surface area contributed by atoms with Crippen molar-refractivity contribution < 1.29 is 4.79 Å². The van der Waals surface area contributed by atoms with Crippen molar-refractivity contribution in [2.24, 2.45) is 18.9 Å². The number of likely N-dealkylation sites (tertiary alicyclic amines) is 1.